The van der Waals surface area contributed by atoms with Crippen LogP contribution in [-0.4, -0.2) is 30.0 Å². The number of hydrogen-bond acceptors (Lipinski definition) is 7. The highest BCUT2D eigenvalue weighted by Gasteiger charge is 2.25. The van der Waals surface area contributed by atoms with E-state index < -0.39 is 10.0 Å². The number of sulfonamides is 1. The summed E-state index contributed by atoms with van der Waals surface area (Å²) < 4.78 is 33.7. The summed E-state index contributed by atoms with van der Waals surface area (Å²) in [7, 11) is -2.10. The Morgan fingerprint density at radius 2 is 2.35 bits per heavy atom. The lowest BCUT2D eigenvalue weighted by molar-refractivity contribution is 0.380. The molecule has 8 nitrogen and oxygen atoms in total. The van der Waals surface area contributed by atoms with E-state index in [1.807, 2.05) is 0 Å². The van der Waals surface area contributed by atoms with Crippen molar-refractivity contribution in [2.75, 3.05) is 12.4 Å². The van der Waals surface area contributed by atoms with Gasteiger partial charge in [0.1, 0.15) is 0 Å². The van der Waals surface area contributed by atoms with Gasteiger partial charge in [0.2, 0.25) is 0 Å². The number of nitrogens with one attached hydrogen (secondary N) is 2. The van der Waals surface area contributed by atoms with E-state index in [0.29, 0.717) is 16.5 Å². The molecule has 0 aromatic carbocycles. The number of hydrogen-bond donors (Lipinski definition) is 2. The van der Waals surface area contributed by atoms with Gasteiger partial charge in [-0.1, -0.05) is 5.16 Å². The summed E-state index contributed by atoms with van der Waals surface area (Å²) in [4.78, 5) is 4.82. The molecule has 3 aromatic rings. The van der Waals surface area contributed by atoms with Crippen molar-refractivity contribution in [1.29, 1.82) is 0 Å². The molecule has 0 aliphatic rings. The molecule has 3 heterocycles. The molecule has 2 N–H and O–H groups in total. The highest BCUT2D eigenvalue weighted by atomic mass is 32.2. The fourth-order valence-electron chi connectivity index (χ4n) is 1.75. The smallest absolute Gasteiger partial charge is 0.260 e. The topological polar surface area (TPSA) is 102 Å². The Labute approximate surface area is 118 Å². The zero-order valence-corrected chi connectivity index (χ0v) is 12.0. The Hall–Kier alpha value is -1.91. The van der Waals surface area contributed by atoms with Crippen molar-refractivity contribution in [3.63, 3.8) is 0 Å². The van der Waals surface area contributed by atoms with Crippen molar-refractivity contribution in [2.45, 2.75) is 11.6 Å². The molecule has 0 bridgehead atoms. The average Bonchev–Trinajstić information content (AvgIpc) is 3.11. The van der Waals surface area contributed by atoms with Gasteiger partial charge in [0.25, 0.3) is 10.0 Å². The van der Waals surface area contributed by atoms with Crippen LogP contribution < -0.4 is 10.0 Å². The van der Waals surface area contributed by atoms with Crippen LogP contribution in [0.25, 0.3) is 4.96 Å². The predicted molar refractivity (Wildman–Crippen MR) is 73.1 cm³/mol. The first-order valence-electron chi connectivity index (χ1n) is 5.64. The molecule has 0 saturated heterocycles. The number of thiazole rings is 1. The Morgan fingerprint density at radius 3 is 3.05 bits per heavy atom. The van der Waals surface area contributed by atoms with Crippen LogP contribution in [0, 0.1) is 0 Å². The van der Waals surface area contributed by atoms with E-state index in [1.54, 1.807) is 24.7 Å². The van der Waals surface area contributed by atoms with Gasteiger partial charge >= 0.3 is 0 Å². The fraction of sp³-hybridized carbons (Fsp3) is 0.200. The Balaban J connectivity index is 1.97. The predicted octanol–water partition coefficient (Wildman–Crippen LogP) is 0.904. The molecule has 0 fully saturated rings. The van der Waals surface area contributed by atoms with Gasteiger partial charge in [-0.05, 0) is 0 Å². The molecule has 0 atom stereocenters. The second-order valence-electron chi connectivity index (χ2n) is 3.87. The molecule has 10 heteroatoms. The van der Waals surface area contributed by atoms with E-state index in [4.69, 9.17) is 4.52 Å². The second kappa shape index (κ2) is 4.89. The van der Waals surface area contributed by atoms with Gasteiger partial charge in [0.05, 0.1) is 12.7 Å². The van der Waals surface area contributed by atoms with E-state index >= 15 is 0 Å². The Kier molecular flexibility index (Phi) is 3.20. The van der Waals surface area contributed by atoms with Gasteiger partial charge in [-0.2, -0.15) is 0 Å². The standard InChI is InChI=1S/C10H11N5O3S2/c1-11-8-9(15-4-5-19-10(15)14-8)20(16,17)13-6-7-2-3-12-18-7/h2-5,11,13H,6H2,1H3. The normalized spacial score (nSPS) is 12.1. The molecule has 0 aliphatic heterocycles. The van der Waals surface area contributed by atoms with Crippen LogP contribution in [0.1, 0.15) is 5.76 Å². The van der Waals surface area contributed by atoms with Crippen LogP contribution in [0.4, 0.5) is 5.82 Å². The Bertz CT molecular complexity index is 818. The number of anilines is 1. The third kappa shape index (κ3) is 2.17. The second-order valence-corrected chi connectivity index (χ2v) is 6.43. The maximum atomic E-state index is 12.4. The highest BCUT2D eigenvalue weighted by molar-refractivity contribution is 7.89. The Morgan fingerprint density at radius 1 is 1.50 bits per heavy atom. The van der Waals surface area contributed by atoms with Gasteiger partial charge in [-0.15, -0.1) is 11.3 Å². The van der Waals surface area contributed by atoms with Gasteiger partial charge in [0, 0.05) is 24.7 Å². The minimum Gasteiger partial charge on any atom is -0.371 e. The van der Waals surface area contributed by atoms with E-state index in [0.717, 1.165) is 0 Å². The average molecular weight is 313 g/mol. The number of fused-ring (bicyclic) bond motifs is 1. The molecule has 3 rings (SSSR count). The number of imidazole rings is 1. The lowest BCUT2D eigenvalue weighted by atomic mass is 10.5. The van der Waals surface area contributed by atoms with Gasteiger partial charge in [-0.25, -0.2) is 18.1 Å². The third-order valence-electron chi connectivity index (χ3n) is 2.64. The summed E-state index contributed by atoms with van der Waals surface area (Å²) >= 11 is 1.36. The van der Waals surface area contributed by atoms with Crippen molar-refractivity contribution < 1.29 is 12.9 Å². The van der Waals surface area contributed by atoms with Gasteiger partial charge in [-0.3, -0.25) is 4.40 Å². The molecular formula is C10H11N5O3S2. The lowest BCUT2D eigenvalue weighted by Crippen LogP contribution is -2.25. The fourth-order valence-corrected chi connectivity index (χ4v) is 3.80. The largest absolute Gasteiger partial charge is 0.371 e. The van der Waals surface area contributed by atoms with E-state index in [1.165, 1.54) is 21.9 Å². The number of aromatic nitrogens is 3. The third-order valence-corrected chi connectivity index (χ3v) is 4.82. The van der Waals surface area contributed by atoms with Crippen molar-refractivity contribution in [1.82, 2.24) is 19.3 Å². The molecular weight excluding hydrogens is 302 g/mol. The SMILES string of the molecule is CNc1nc2sccn2c1S(=O)(=O)NCc1ccno1. The summed E-state index contributed by atoms with van der Waals surface area (Å²) in [5, 5.41) is 8.17. The number of nitrogens with zero attached hydrogens (tertiary/aromatic N) is 3. The van der Waals surface area contributed by atoms with Crippen LogP contribution >= 0.6 is 11.3 Å². The lowest BCUT2D eigenvalue weighted by Gasteiger charge is -2.06. The first-order chi connectivity index (χ1) is 9.62. The molecule has 106 valence electrons. The summed E-state index contributed by atoms with van der Waals surface area (Å²) in [6, 6.07) is 1.60. The monoisotopic (exact) mass is 313 g/mol. The molecule has 0 aliphatic carbocycles. The molecule has 20 heavy (non-hydrogen) atoms. The van der Waals surface area contributed by atoms with Crippen molar-refractivity contribution in [2.24, 2.45) is 0 Å². The molecule has 0 unspecified atom stereocenters. The summed E-state index contributed by atoms with van der Waals surface area (Å²) in [5.41, 5.74) is 0. The van der Waals surface area contributed by atoms with Crippen LogP contribution in [-0.2, 0) is 16.6 Å². The minimum atomic E-state index is -3.73. The quantitative estimate of drug-likeness (QED) is 0.726. The molecule has 0 spiro atoms. The van der Waals surface area contributed by atoms with E-state index in [2.05, 4.69) is 20.2 Å². The number of rotatable bonds is 5. The summed E-state index contributed by atoms with van der Waals surface area (Å²) in [6.45, 7) is 0.0306. The van der Waals surface area contributed by atoms with Crippen molar-refractivity contribution >= 4 is 32.1 Å². The van der Waals surface area contributed by atoms with E-state index in [-0.39, 0.29) is 11.6 Å². The maximum absolute atomic E-state index is 12.4. The first-order valence-corrected chi connectivity index (χ1v) is 8.00. The van der Waals surface area contributed by atoms with Gasteiger partial charge in [0.15, 0.2) is 21.6 Å². The van der Waals surface area contributed by atoms with Crippen LogP contribution in [0.15, 0.2) is 33.4 Å². The van der Waals surface area contributed by atoms with Crippen LogP contribution in [0.3, 0.4) is 0 Å². The van der Waals surface area contributed by atoms with Crippen molar-refractivity contribution in [3.05, 3.63) is 29.6 Å². The van der Waals surface area contributed by atoms with E-state index in [9.17, 15) is 8.42 Å². The van der Waals surface area contributed by atoms with Crippen LogP contribution in [0.2, 0.25) is 0 Å². The molecule has 0 radical (unpaired) electrons. The summed E-state index contributed by atoms with van der Waals surface area (Å²) in [6.07, 6.45) is 3.12. The van der Waals surface area contributed by atoms with Crippen LogP contribution in [0.5, 0.6) is 0 Å². The zero-order chi connectivity index (χ0) is 14.2. The molecule has 0 amide bonds. The highest BCUT2D eigenvalue weighted by Crippen LogP contribution is 2.25. The zero-order valence-electron chi connectivity index (χ0n) is 10.4. The van der Waals surface area contributed by atoms with Gasteiger partial charge < -0.3 is 9.84 Å². The maximum Gasteiger partial charge on any atom is 0.260 e. The molecule has 0 saturated carbocycles. The molecule has 3 aromatic heterocycles. The first kappa shape index (κ1) is 13.1. The minimum absolute atomic E-state index is 0.0306. The van der Waals surface area contributed by atoms with Crippen molar-refractivity contribution in [3.8, 4) is 0 Å². The summed E-state index contributed by atoms with van der Waals surface area (Å²) in [5.74, 6) is 0.743.